The second-order valence-corrected chi connectivity index (χ2v) is 4.41. The summed E-state index contributed by atoms with van der Waals surface area (Å²) in [7, 11) is 0. The van der Waals surface area contributed by atoms with Crippen molar-refractivity contribution in [2.24, 2.45) is 0 Å². The van der Waals surface area contributed by atoms with Crippen LogP contribution in [0.4, 0.5) is 0 Å². The van der Waals surface area contributed by atoms with Gasteiger partial charge in [0, 0.05) is 6.61 Å². The van der Waals surface area contributed by atoms with Gasteiger partial charge < -0.3 is 9.47 Å². The summed E-state index contributed by atoms with van der Waals surface area (Å²) in [5.74, 6) is 1.45. The summed E-state index contributed by atoms with van der Waals surface area (Å²) < 4.78 is 11.0. The Labute approximate surface area is 109 Å². The summed E-state index contributed by atoms with van der Waals surface area (Å²) >= 11 is 5.62. The fourth-order valence-corrected chi connectivity index (χ4v) is 1.83. The molecule has 0 heterocycles. The van der Waals surface area contributed by atoms with Gasteiger partial charge in [0.05, 0.1) is 12.5 Å². The number of hydrogen-bond donors (Lipinski definition) is 0. The number of ether oxygens (including phenoxy) is 2. The lowest BCUT2D eigenvalue weighted by molar-refractivity contribution is 0.151. The van der Waals surface area contributed by atoms with E-state index in [-0.39, 0.29) is 0 Å². The normalized spacial score (nSPS) is 10.6. The standard InChI is InChI=1S/C14H21ClO2/c1-4-16-7-5-13-9-12(3)14(10-11(13)2)17-8-6-15/h9-10H,4-8H2,1-3H3. The summed E-state index contributed by atoms with van der Waals surface area (Å²) in [5, 5.41) is 0. The molecule has 0 N–H and O–H groups in total. The van der Waals surface area contributed by atoms with Crippen molar-refractivity contribution >= 4 is 11.6 Å². The third kappa shape index (κ3) is 4.57. The Morgan fingerprint density at radius 2 is 1.88 bits per heavy atom. The highest BCUT2D eigenvalue weighted by Crippen LogP contribution is 2.23. The van der Waals surface area contributed by atoms with Crippen molar-refractivity contribution in [1.82, 2.24) is 0 Å². The van der Waals surface area contributed by atoms with E-state index in [1.54, 1.807) is 0 Å². The summed E-state index contributed by atoms with van der Waals surface area (Å²) in [6.45, 7) is 8.29. The van der Waals surface area contributed by atoms with Gasteiger partial charge in [0.25, 0.3) is 0 Å². The fraction of sp³-hybridized carbons (Fsp3) is 0.571. The average molecular weight is 257 g/mol. The molecule has 96 valence electrons. The number of halogens is 1. The van der Waals surface area contributed by atoms with Crippen molar-refractivity contribution in [3.8, 4) is 5.75 Å². The van der Waals surface area contributed by atoms with Crippen LogP contribution in [0.3, 0.4) is 0 Å². The highest BCUT2D eigenvalue weighted by molar-refractivity contribution is 6.18. The Bertz CT molecular complexity index is 350. The number of aryl methyl sites for hydroxylation is 2. The SMILES string of the molecule is CCOCCc1cc(C)c(OCCCl)cc1C. The number of hydrogen-bond acceptors (Lipinski definition) is 2. The predicted octanol–water partition coefficient (Wildman–Crippen LogP) is 3.50. The molecule has 0 aliphatic rings. The quantitative estimate of drug-likeness (QED) is 0.549. The molecule has 0 amide bonds. The molecular formula is C14H21ClO2. The van der Waals surface area contributed by atoms with Gasteiger partial charge in [-0.1, -0.05) is 6.07 Å². The minimum Gasteiger partial charge on any atom is -0.492 e. The van der Waals surface area contributed by atoms with Gasteiger partial charge in [-0.05, 0) is 49.9 Å². The molecule has 17 heavy (non-hydrogen) atoms. The molecule has 2 nitrogen and oxygen atoms in total. The summed E-state index contributed by atoms with van der Waals surface area (Å²) in [6, 6.07) is 4.26. The predicted molar refractivity (Wildman–Crippen MR) is 72.3 cm³/mol. The minimum atomic E-state index is 0.518. The molecule has 1 aromatic carbocycles. The first-order valence-electron chi connectivity index (χ1n) is 6.05. The van der Waals surface area contributed by atoms with E-state index in [2.05, 4.69) is 26.0 Å². The Balaban J connectivity index is 2.71. The van der Waals surface area contributed by atoms with Crippen LogP contribution in [0.15, 0.2) is 12.1 Å². The molecule has 1 rings (SSSR count). The molecule has 0 aliphatic heterocycles. The van der Waals surface area contributed by atoms with Crippen molar-refractivity contribution < 1.29 is 9.47 Å². The molecule has 0 radical (unpaired) electrons. The van der Waals surface area contributed by atoms with Crippen molar-refractivity contribution in [2.75, 3.05) is 25.7 Å². The van der Waals surface area contributed by atoms with E-state index in [0.29, 0.717) is 12.5 Å². The van der Waals surface area contributed by atoms with E-state index in [9.17, 15) is 0 Å². The monoisotopic (exact) mass is 256 g/mol. The molecule has 0 saturated heterocycles. The van der Waals surface area contributed by atoms with Crippen LogP contribution < -0.4 is 4.74 Å². The van der Waals surface area contributed by atoms with Crippen molar-refractivity contribution in [3.63, 3.8) is 0 Å². The van der Waals surface area contributed by atoms with E-state index < -0.39 is 0 Å². The van der Waals surface area contributed by atoms with Gasteiger partial charge >= 0.3 is 0 Å². The van der Waals surface area contributed by atoms with E-state index >= 15 is 0 Å². The number of rotatable bonds is 7. The zero-order valence-corrected chi connectivity index (χ0v) is 11.6. The summed E-state index contributed by atoms with van der Waals surface area (Å²) in [5.41, 5.74) is 3.74. The van der Waals surface area contributed by atoms with Crippen molar-refractivity contribution in [3.05, 3.63) is 28.8 Å². The zero-order chi connectivity index (χ0) is 12.7. The Morgan fingerprint density at radius 3 is 2.53 bits per heavy atom. The van der Waals surface area contributed by atoms with Gasteiger partial charge in [0.2, 0.25) is 0 Å². The maximum absolute atomic E-state index is 5.62. The summed E-state index contributed by atoms with van der Waals surface area (Å²) in [6.07, 6.45) is 0.955. The minimum absolute atomic E-state index is 0.518. The van der Waals surface area contributed by atoms with E-state index in [0.717, 1.165) is 30.9 Å². The first kappa shape index (κ1) is 14.3. The van der Waals surface area contributed by atoms with Crippen LogP contribution in [0.25, 0.3) is 0 Å². The molecule has 0 aliphatic carbocycles. The van der Waals surface area contributed by atoms with Crippen molar-refractivity contribution in [1.29, 1.82) is 0 Å². The highest BCUT2D eigenvalue weighted by Gasteiger charge is 2.05. The lowest BCUT2D eigenvalue weighted by Gasteiger charge is -2.13. The van der Waals surface area contributed by atoms with Crippen LogP contribution in [-0.2, 0) is 11.2 Å². The molecule has 0 fully saturated rings. The van der Waals surface area contributed by atoms with E-state index in [4.69, 9.17) is 21.1 Å². The lowest BCUT2D eigenvalue weighted by atomic mass is 10.0. The van der Waals surface area contributed by atoms with Crippen LogP contribution in [0, 0.1) is 13.8 Å². The van der Waals surface area contributed by atoms with E-state index in [1.165, 1.54) is 11.1 Å². The number of alkyl halides is 1. The molecule has 0 unspecified atom stereocenters. The Kier molecular flexibility index (Phi) is 6.38. The van der Waals surface area contributed by atoms with Crippen LogP contribution in [0.5, 0.6) is 5.75 Å². The summed E-state index contributed by atoms with van der Waals surface area (Å²) in [4.78, 5) is 0. The van der Waals surface area contributed by atoms with Crippen LogP contribution in [-0.4, -0.2) is 25.7 Å². The van der Waals surface area contributed by atoms with E-state index in [1.807, 2.05) is 6.92 Å². The topological polar surface area (TPSA) is 18.5 Å². The molecule has 0 saturated carbocycles. The van der Waals surface area contributed by atoms with Gasteiger partial charge in [-0.3, -0.25) is 0 Å². The van der Waals surface area contributed by atoms with Gasteiger partial charge in [0.1, 0.15) is 12.4 Å². The van der Waals surface area contributed by atoms with Crippen LogP contribution in [0.2, 0.25) is 0 Å². The van der Waals surface area contributed by atoms with Gasteiger partial charge in [-0.15, -0.1) is 11.6 Å². The molecule has 0 atom stereocenters. The smallest absolute Gasteiger partial charge is 0.122 e. The van der Waals surface area contributed by atoms with Gasteiger partial charge in [0.15, 0.2) is 0 Å². The lowest BCUT2D eigenvalue weighted by Crippen LogP contribution is -2.03. The molecule has 1 aromatic rings. The Morgan fingerprint density at radius 1 is 1.12 bits per heavy atom. The first-order valence-corrected chi connectivity index (χ1v) is 6.59. The van der Waals surface area contributed by atoms with Gasteiger partial charge in [-0.2, -0.15) is 0 Å². The second-order valence-electron chi connectivity index (χ2n) is 4.03. The highest BCUT2D eigenvalue weighted by atomic mass is 35.5. The van der Waals surface area contributed by atoms with Crippen LogP contribution >= 0.6 is 11.6 Å². The molecule has 0 bridgehead atoms. The van der Waals surface area contributed by atoms with Gasteiger partial charge in [-0.25, -0.2) is 0 Å². The first-order chi connectivity index (χ1) is 8.19. The third-order valence-corrected chi connectivity index (χ3v) is 2.84. The second kappa shape index (κ2) is 7.57. The molecule has 3 heteroatoms. The maximum atomic E-state index is 5.62. The number of benzene rings is 1. The van der Waals surface area contributed by atoms with Crippen molar-refractivity contribution in [2.45, 2.75) is 27.2 Å². The molecular weight excluding hydrogens is 236 g/mol. The largest absolute Gasteiger partial charge is 0.492 e. The maximum Gasteiger partial charge on any atom is 0.122 e. The van der Waals surface area contributed by atoms with Crippen LogP contribution in [0.1, 0.15) is 23.6 Å². The third-order valence-electron chi connectivity index (χ3n) is 2.69. The Hall–Kier alpha value is -0.730. The molecule has 0 spiro atoms. The fourth-order valence-electron chi connectivity index (χ4n) is 1.75. The zero-order valence-electron chi connectivity index (χ0n) is 10.9. The average Bonchev–Trinajstić information content (AvgIpc) is 2.31. The molecule has 0 aromatic heterocycles.